The molecule has 1 N–H and O–H groups in total. The fourth-order valence-corrected chi connectivity index (χ4v) is 3.05. The highest BCUT2D eigenvalue weighted by Gasteiger charge is 2.53. The van der Waals surface area contributed by atoms with Crippen LogP contribution < -0.4 is 0 Å². The molecule has 0 saturated carbocycles. The first kappa shape index (κ1) is 15.8. The van der Waals surface area contributed by atoms with Crippen molar-refractivity contribution in [2.75, 3.05) is 13.1 Å². The molecule has 21 heavy (non-hydrogen) atoms. The van der Waals surface area contributed by atoms with Crippen molar-refractivity contribution in [1.82, 2.24) is 4.90 Å². The summed E-state index contributed by atoms with van der Waals surface area (Å²) in [6.07, 6.45) is -3.84. The van der Waals surface area contributed by atoms with Gasteiger partial charge in [-0.25, -0.2) is 0 Å². The third kappa shape index (κ3) is 3.37. The van der Waals surface area contributed by atoms with Gasteiger partial charge in [-0.05, 0) is 12.0 Å². The number of carbonyl (C=O) groups is 1. The Bertz CT molecular complexity index is 489. The van der Waals surface area contributed by atoms with Crippen molar-refractivity contribution in [3.8, 4) is 0 Å². The average Bonchev–Trinajstić information content (AvgIpc) is 2.86. The van der Waals surface area contributed by atoms with Crippen LogP contribution in [0.15, 0.2) is 30.3 Å². The molecule has 0 radical (unpaired) electrons. The molecule has 0 spiro atoms. The molecule has 1 aromatic carbocycles. The molecule has 1 aromatic rings. The van der Waals surface area contributed by atoms with Gasteiger partial charge < -0.3 is 5.11 Å². The maximum Gasteiger partial charge on any atom is 0.393 e. The van der Waals surface area contributed by atoms with Crippen LogP contribution in [0.2, 0.25) is 0 Å². The molecule has 0 aromatic heterocycles. The Hall–Kier alpha value is -1.56. The van der Waals surface area contributed by atoms with E-state index in [1.807, 2.05) is 37.3 Å². The van der Waals surface area contributed by atoms with Gasteiger partial charge in [-0.2, -0.15) is 13.2 Å². The van der Waals surface area contributed by atoms with Crippen LogP contribution in [0.25, 0.3) is 0 Å². The molecule has 1 aliphatic heterocycles. The van der Waals surface area contributed by atoms with Crippen molar-refractivity contribution < 1.29 is 23.1 Å². The quantitative estimate of drug-likeness (QED) is 0.927. The Kier molecular flexibility index (Phi) is 4.56. The SMILES string of the molecule is CCC(c1ccccc1)N1C[C@@H](C(F)(F)F)[C@H](C(=O)O)C1. The molecular formula is C15H18F3NO2. The third-order valence-electron chi connectivity index (χ3n) is 4.10. The molecular weight excluding hydrogens is 283 g/mol. The number of hydrogen-bond acceptors (Lipinski definition) is 2. The first-order chi connectivity index (χ1) is 9.84. The highest BCUT2D eigenvalue weighted by Crippen LogP contribution is 2.41. The zero-order valence-electron chi connectivity index (χ0n) is 11.7. The van der Waals surface area contributed by atoms with Crippen molar-refractivity contribution >= 4 is 5.97 Å². The Morgan fingerprint density at radius 1 is 1.33 bits per heavy atom. The molecule has 1 aliphatic rings. The standard InChI is InChI=1S/C15H18F3NO2/c1-2-13(10-6-4-3-5-7-10)19-8-11(14(20)21)12(9-19)15(16,17)18/h3-7,11-13H,2,8-9H2,1H3,(H,20,21)/t11-,12-,13?/m1/s1. The molecule has 116 valence electrons. The predicted molar refractivity (Wildman–Crippen MR) is 71.7 cm³/mol. The van der Waals surface area contributed by atoms with E-state index in [1.165, 1.54) is 0 Å². The summed E-state index contributed by atoms with van der Waals surface area (Å²) in [6.45, 7) is 1.58. The Morgan fingerprint density at radius 3 is 2.38 bits per heavy atom. The zero-order chi connectivity index (χ0) is 15.6. The van der Waals surface area contributed by atoms with E-state index in [0.717, 1.165) is 5.56 Å². The van der Waals surface area contributed by atoms with Crippen molar-refractivity contribution in [1.29, 1.82) is 0 Å². The van der Waals surface area contributed by atoms with Gasteiger partial charge in [0.15, 0.2) is 0 Å². The number of aliphatic carboxylic acids is 1. The summed E-state index contributed by atoms with van der Waals surface area (Å²) in [6, 6.07) is 9.07. The van der Waals surface area contributed by atoms with Gasteiger partial charge in [0.25, 0.3) is 0 Å². The number of benzene rings is 1. The monoisotopic (exact) mass is 301 g/mol. The second-order valence-electron chi connectivity index (χ2n) is 5.38. The molecule has 6 heteroatoms. The Labute approximate surface area is 121 Å². The topological polar surface area (TPSA) is 40.5 Å². The number of hydrogen-bond donors (Lipinski definition) is 1. The highest BCUT2D eigenvalue weighted by molar-refractivity contribution is 5.71. The van der Waals surface area contributed by atoms with Gasteiger partial charge in [-0.3, -0.25) is 9.69 Å². The molecule has 0 amide bonds. The van der Waals surface area contributed by atoms with Crippen molar-refractivity contribution in [2.45, 2.75) is 25.6 Å². The van der Waals surface area contributed by atoms with Gasteiger partial charge in [-0.1, -0.05) is 37.3 Å². The van der Waals surface area contributed by atoms with E-state index in [9.17, 15) is 18.0 Å². The first-order valence-corrected chi connectivity index (χ1v) is 6.93. The van der Waals surface area contributed by atoms with E-state index in [2.05, 4.69) is 0 Å². The molecule has 1 heterocycles. The largest absolute Gasteiger partial charge is 0.481 e. The number of carboxylic acid groups (broad SMARTS) is 1. The number of carboxylic acids is 1. The van der Waals surface area contributed by atoms with Crippen LogP contribution in [-0.2, 0) is 4.79 Å². The second-order valence-corrected chi connectivity index (χ2v) is 5.38. The van der Waals surface area contributed by atoms with Crippen LogP contribution in [0.1, 0.15) is 24.9 Å². The molecule has 2 rings (SSSR count). The number of likely N-dealkylation sites (tertiary alicyclic amines) is 1. The molecule has 0 bridgehead atoms. The fourth-order valence-electron chi connectivity index (χ4n) is 3.05. The lowest BCUT2D eigenvalue weighted by atomic mass is 9.96. The third-order valence-corrected chi connectivity index (χ3v) is 4.10. The summed E-state index contributed by atoms with van der Waals surface area (Å²) in [4.78, 5) is 12.8. The van der Waals surface area contributed by atoms with E-state index in [-0.39, 0.29) is 19.1 Å². The van der Waals surface area contributed by atoms with Crippen LogP contribution >= 0.6 is 0 Å². The number of halogens is 3. The Balaban J connectivity index is 2.23. The van der Waals surface area contributed by atoms with Gasteiger partial charge in [0.1, 0.15) is 0 Å². The van der Waals surface area contributed by atoms with Gasteiger partial charge in [-0.15, -0.1) is 0 Å². The average molecular weight is 301 g/mol. The van der Waals surface area contributed by atoms with E-state index in [1.54, 1.807) is 4.90 Å². The van der Waals surface area contributed by atoms with E-state index in [0.29, 0.717) is 6.42 Å². The number of nitrogens with zero attached hydrogens (tertiary/aromatic N) is 1. The van der Waals surface area contributed by atoms with Gasteiger partial charge in [0, 0.05) is 19.1 Å². The molecule has 3 nitrogen and oxygen atoms in total. The maximum absolute atomic E-state index is 13.0. The fraction of sp³-hybridized carbons (Fsp3) is 0.533. The highest BCUT2D eigenvalue weighted by atomic mass is 19.4. The van der Waals surface area contributed by atoms with Gasteiger partial charge in [0.2, 0.25) is 0 Å². The normalized spacial score (nSPS) is 25.0. The van der Waals surface area contributed by atoms with Gasteiger partial charge >= 0.3 is 12.1 Å². The lowest BCUT2D eigenvalue weighted by Gasteiger charge is -2.27. The lowest BCUT2D eigenvalue weighted by molar-refractivity contribution is -0.188. The lowest BCUT2D eigenvalue weighted by Crippen LogP contribution is -2.33. The first-order valence-electron chi connectivity index (χ1n) is 6.93. The van der Waals surface area contributed by atoms with Crippen LogP contribution in [0.4, 0.5) is 13.2 Å². The van der Waals surface area contributed by atoms with Crippen LogP contribution in [-0.4, -0.2) is 35.2 Å². The maximum atomic E-state index is 13.0. The van der Waals surface area contributed by atoms with Crippen molar-refractivity contribution in [3.63, 3.8) is 0 Å². The van der Waals surface area contributed by atoms with E-state index >= 15 is 0 Å². The van der Waals surface area contributed by atoms with Crippen LogP contribution in [0.5, 0.6) is 0 Å². The summed E-state index contributed by atoms with van der Waals surface area (Å²) in [7, 11) is 0. The number of alkyl halides is 3. The number of rotatable bonds is 4. The van der Waals surface area contributed by atoms with Crippen molar-refractivity contribution in [3.05, 3.63) is 35.9 Å². The van der Waals surface area contributed by atoms with Crippen LogP contribution in [0, 0.1) is 11.8 Å². The van der Waals surface area contributed by atoms with Crippen LogP contribution in [0.3, 0.4) is 0 Å². The summed E-state index contributed by atoms with van der Waals surface area (Å²) < 4.78 is 39.1. The molecule has 1 saturated heterocycles. The smallest absolute Gasteiger partial charge is 0.393 e. The minimum absolute atomic E-state index is 0.0626. The van der Waals surface area contributed by atoms with E-state index in [4.69, 9.17) is 5.11 Å². The summed E-state index contributed by atoms with van der Waals surface area (Å²) in [5.74, 6) is -4.56. The molecule has 1 fully saturated rings. The minimum Gasteiger partial charge on any atom is -0.481 e. The Morgan fingerprint density at radius 2 is 1.95 bits per heavy atom. The minimum atomic E-state index is -4.48. The molecule has 3 atom stereocenters. The zero-order valence-corrected chi connectivity index (χ0v) is 11.7. The summed E-state index contributed by atoms with van der Waals surface area (Å²) in [5.41, 5.74) is 0.923. The molecule has 0 aliphatic carbocycles. The van der Waals surface area contributed by atoms with E-state index < -0.39 is 24.0 Å². The summed E-state index contributed by atoms with van der Waals surface area (Å²) >= 11 is 0. The van der Waals surface area contributed by atoms with Gasteiger partial charge in [0.05, 0.1) is 11.8 Å². The summed E-state index contributed by atoms with van der Waals surface area (Å²) in [5, 5.41) is 9.06. The predicted octanol–water partition coefficient (Wildman–Crippen LogP) is 3.33. The van der Waals surface area contributed by atoms with Crippen molar-refractivity contribution in [2.24, 2.45) is 11.8 Å². The molecule has 1 unspecified atom stereocenters. The second kappa shape index (κ2) is 6.05.